The number of nitrogen functional groups attached to an aromatic ring is 2. The van der Waals surface area contributed by atoms with Crippen molar-refractivity contribution in [3.8, 4) is 0 Å². The first-order valence-corrected chi connectivity index (χ1v) is 6.57. The molecule has 0 bridgehead atoms. The number of hydrogen-bond acceptors (Lipinski definition) is 7. The van der Waals surface area contributed by atoms with E-state index in [-0.39, 0.29) is 36.2 Å². The Bertz CT molecular complexity index is 598. The number of ether oxygens (including phenoxy) is 1. The SMILES string of the molecule is CC[C@@H](C(=O)OCc1nc(N)nc(N)n1)c1ccccc1. The predicted octanol–water partition coefficient (Wildman–Crippen LogP) is 1.27. The lowest BCUT2D eigenvalue weighted by Crippen LogP contribution is -2.17. The fraction of sp³-hybridized carbons (Fsp3) is 0.286. The van der Waals surface area contributed by atoms with E-state index in [1.807, 2.05) is 37.3 Å². The average molecular weight is 287 g/mol. The molecule has 1 aromatic carbocycles. The minimum atomic E-state index is -0.332. The number of rotatable bonds is 5. The Kier molecular flexibility index (Phi) is 4.65. The van der Waals surface area contributed by atoms with Gasteiger partial charge in [0.1, 0.15) is 0 Å². The zero-order valence-electron chi connectivity index (χ0n) is 11.7. The van der Waals surface area contributed by atoms with Crippen LogP contribution in [0.15, 0.2) is 30.3 Å². The maximum absolute atomic E-state index is 12.2. The molecule has 0 saturated carbocycles. The van der Waals surface area contributed by atoms with Crippen molar-refractivity contribution >= 4 is 17.9 Å². The number of nitrogens with zero attached hydrogens (tertiary/aromatic N) is 3. The molecule has 4 N–H and O–H groups in total. The van der Waals surface area contributed by atoms with E-state index in [9.17, 15) is 4.79 Å². The number of anilines is 2. The third-order valence-corrected chi connectivity index (χ3v) is 2.95. The zero-order chi connectivity index (χ0) is 15.2. The second-order valence-corrected chi connectivity index (χ2v) is 4.45. The molecule has 0 unspecified atom stereocenters. The lowest BCUT2D eigenvalue weighted by molar-refractivity contribution is -0.147. The molecular formula is C14H17N5O2. The van der Waals surface area contributed by atoms with Crippen LogP contribution in [0, 0.1) is 0 Å². The first-order valence-electron chi connectivity index (χ1n) is 6.57. The second-order valence-electron chi connectivity index (χ2n) is 4.45. The molecule has 1 heterocycles. The van der Waals surface area contributed by atoms with Gasteiger partial charge in [0.15, 0.2) is 12.4 Å². The van der Waals surface area contributed by atoms with E-state index >= 15 is 0 Å². The summed E-state index contributed by atoms with van der Waals surface area (Å²) in [5.41, 5.74) is 11.8. The largest absolute Gasteiger partial charge is 0.457 e. The number of carbonyl (C=O) groups is 1. The number of carbonyl (C=O) groups excluding carboxylic acids is 1. The number of esters is 1. The quantitative estimate of drug-likeness (QED) is 0.795. The molecule has 7 heteroatoms. The van der Waals surface area contributed by atoms with E-state index in [0.29, 0.717) is 6.42 Å². The second kappa shape index (κ2) is 6.65. The summed E-state index contributed by atoms with van der Waals surface area (Å²) in [6, 6.07) is 9.47. The van der Waals surface area contributed by atoms with Crippen LogP contribution in [-0.2, 0) is 16.1 Å². The van der Waals surface area contributed by atoms with Crippen LogP contribution in [0.25, 0.3) is 0 Å². The third kappa shape index (κ3) is 3.88. The van der Waals surface area contributed by atoms with Crippen LogP contribution in [0.1, 0.15) is 30.7 Å². The molecule has 0 spiro atoms. The Morgan fingerprint density at radius 1 is 1.14 bits per heavy atom. The molecule has 0 saturated heterocycles. The summed E-state index contributed by atoms with van der Waals surface area (Å²) in [6.45, 7) is 1.84. The van der Waals surface area contributed by atoms with Crippen LogP contribution >= 0.6 is 0 Å². The summed E-state index contributed by atoms with van der Waals surface area (Å²) in [4.78, 5) is 23.5. The van der Waals surface area contributed by atoms with Crippen LogP contribution in [0.4, 0.5) is 11.9 Å². The molecule has 1 aromatic heterocycles. The average Bonchev–Trinajstić information content (AvgIpc) is 2.46. The highest BCUT2D eigenvalue weighted by Crippen LogP contribution is 2.21. The van der Waals surface area contributed by atoms with E-state index in [1.54, 1.807) is 0 Å². The molecule has 0 amide bonds. The predicted molar refractivity (Wildman–Crippen MR) is 77.9 cm³/mol. The van der Waals surface area contributed by atoms with Crippen molar-refractivity contribution in [3.63, 3.8) is 0 Å². The summed E-state index contributed by atoms with van der Waals surface area (Å²) in [6.07, 6.45) is 0.643. The summed E-state index contributed by atoms with van der Waals surface area (Å²) in [7, 11) is 0. The van der Waals surface area contributed by atoms with Gasteiger partial charge in [0.25, 0.3) is 0 Å². The first kappa shape index (κ1) is 14.7. The minimum absolute atomic E-state index is 0.00338. The Morgan fingerprint density at radius 3 is 2.33 bits per heavy atom. The molecule has 21 heavy (non-hydrogen) atoms. The number of benzene rings is 1. The van der Waals surface area contributed by atoms with Crippen molar-refractivity contribution in [1.29, 1.82) is 0 Å². The molecule has 0 aliphatic rings. The lowest BCUT2D eigenvalue weighted by atomic mass is 9.97. The zero-order valence-corrected chi connectivity index (χ0v) is 11.7. The molecule has 7 nitrogen and oxygen atoms in total. The summed E-state index contributed by atoms with van der Waals surface area (Å²) in [5.74, 6) is -0.410. The Morgan fingerprint density at radius 2 is 1.76 bits per heavy atom. The van der Waals surface area contributed by atoms with Gasteiger partial charge in [-0.25, -0.2) is 0 Å². The van der Waals surface area contributed by atoms with E-state index < -0.39 is 0 Å². The summed E-state index contributed by atoms with van der Waals surface area (Å²) in [5, 5.41) is 0. The standard InChI is InChI=1S/C14H17N5O2/c1-2-10(9-6-4-3-5-7-9)12(20)21-8-11-17-13(15)19-14(16)18-11/h3-7,10H,2,8H2,1H3,(H4,15,16,17,18,19)/t10-/m1/s1. The highest BCUT2D eigenvalue weighted by atomic mass is 16.5. The molecule has 0 fully saturated rings. The van der Waals surface area contributed by atoms with Gasteiger partial charge in [0.2, 0.25) is 11.9 Å². The van der Waals surface area contributed by atoms with E-state index in [4.69, 9.17) is 16.2 Å². The van der Waals surface area contributed by atoms with Crippen molar-refractivity contribution in [3.05, 3.63) is 41.7 Å². The normalized spacial score (nSPS) is 11.9. The summed E-state index contributed by atoms with van der Waals surface area (Å²) >= 11 is 0. The number of nitrogens with two attached hydrogens (primary N) is 2. The van der Waals surface area contributed by atoms with E-state index in [2.05, 4.69) is 15.0 Å². The Labute approximate surface area is 122 Å². The maximum atomic E-state index is 12.2. The van der Waals surface area contributed by atoms with Gasteiger partial charge < -0.3 is 16.2 Å². The van der Waals surface area contributed by atoms with Crippen molar-refractivity contribution in [2.45, 2.75) is 25.9 Å². The van der Waals surface area contributed by atoms with Crippen LogP contribution < -0.4 is 11.5 Å². The topological polar surface area (TPSA) is 117 Å². The Hall–Kier alpha value is -2.70. The van der Waals surface area contributed by atoms with Crippen LogP contribution in [0.5, 0.6) is 0 Å². The van der Waals surface area contributed by atoms with Crippen molar-refractivity contribution < 1.29 is 9.53 Å². The molecule has 110 valence electrons. The molecule has 0 aliphatic heterocycles. The molecular weight excluding hydrogens is 270 g/mol. The smallest absolute Gasteiger partial charge is 0.313 e. The van der Waals surface area contributed by atoms with E-state index in [0.717, 1.165) is 5.56 Å². The van der Waals surface area contributed by atoms with Crippen molar-refractivity contribution in [1.82, 2.24) is 15.0 Å². The summed E-state index contributed by atoms with van der Waals surface area (Å²) < 4.78 is 5.24. The van der Waals surface area contributed by atoms with Crippen molar-refractivity contribution in [2.24, 2.45) is 0 Å². The highest BCUT2D eigenvalue weighted by Gasteiger charge is 2.20. The molecule has 2 rings (SSSR count). The van der Waals surface area contributed by atoms with Gasteiger partial charge in [0.05, 0.1) is 5.92 Å². The number of hydrogen-bond donors (Lipinski definition) is 2. The lowest BCUT2D eigenvalue weighted by Gasteiger charge is -2.14. The van der Waals surface area contributed by atoms with Gasteiger partial charge in [-0.05, 0) is 12.0 Å². The third-order valence-electron chi connectivity index (χ3n) is 2.95. The molecule has 0 radical (unpaired) electrons. The van der Waals surface area contributed by atoms with Gasteiger partial charge in [-0.3, -0.25) is 4.79 Å². The molecule has 2 aromatic rings. The minimum Gasteiger partial charge on any atom is -0.457 e. The fourth-order valence-electron chi connectivity index (χ4n) is 1.98. The Balaban J connectivity index is 2.03. The number of aromatic nitrogens is 3. The first-order chi connectivity index (χ1) is 10.1. The van der Waals surface area contributed by atoms with Gasteiger partial charge in [-0.2, -0.15) is 15.0 Å². The highest BCUT2D eigenvalue weighted by molar-refractivity contribution is 5.78. The molecule has 0 aliphatic carbocycles. The van der Waals surface area contributed by atoms with Gasteiger partial charge in [-0.15, -0.1) is 0 Å². The monoisotopic (exact) mass is 287 g/mol. The van der Waals surface area contributed by atoms with Crippen LogP contribution in [0.2, 0.25) is 0 Å². The molecule has 1 atom stereocenters. The van der Waals surface area contributed by atoms with Gasteiger partial charge in [-0.1, -0.05) is 37.3 Å². The van der Waals surface area contributed by atoms with Gasteiger partial charge >= 0.3 is 5.97 Å². The van der Waals surface area contributed by atoms with Gasteiger partial charge in [0, 0.05) is 0 Å². The van der Waals surface area contributed by atoms with E-state index in [1.165, 1.54) is 0 Å². The maximum Gasteiger partial charge on any atom is 0.313 e. The fourth-order valence-corrected chi connectivity index (χ4v) is 1.98. The van der Waals surface area contributed by atoms with Crippen LogP contribution in [-0.4, -0.2) is 20.9 Å². The van der Waals surface area contributed by atoms with Crippen LogP contribution in [0.3, 0.4) is 0 Å². The van der Waals surface area contributed by atoms with Crippen molar-refractivity contribution in [2.75, 3.05) is 11.5 Å².